The average molecular weight is 197 g/mol. The lowest BCUT2D eigenvalue weighted by Crippen LogP contribution is -2.13. The molecule has 0 saturated heterocycles. The summed E-state index contributed by atoms with van der Waals surface area (Å²) in [4.78, 5) is 10.6. The van der Waals surface area contributed by atoms with Gasteiger partial charge in [-0.2, -0.15) is 0 Å². The van der Waals surface area contributed by atoms with Gasteiger partial charge in [-0.3, -0.25) is 0 Å². The van der Waals surface area contributed by atoms with Gasteiger partial charge >= 0.3 is 5.97 Å². The molecule has 0 bridgehead atoms. The summed E-state index contributed by atoms with van der Waals surface area (Å²) in [7, 11) is 1.73. The first-order valence-corrected chi connectivity index (χ1v) is 4.25. The molecule has 0 aliphatic rings. The molecule has 76 valence electrons. The van der Waals surface area contributed by atoms with Crippen molar-refractivity contribution in [2.45, 2.75) is 13.0 Å². The van der Waals surface area contributed by atoms with Crippen LogP contribution in [0.5, 0.6) is 0 Å². The zero-order valence-corrected chi connectivity index (χ0v) is 8.04. The van der Waals surface area contributed by atoms with E-state index >= 15 is 0 Å². The lowest BCUT2D eigenvalue weighted by molar-refractivity contribution is 0.0696. The molecule has 1 atom stereocenters. The first-order valence-electron chi connectivity index (χ1n) is 4.25. The number of hydrogen-bond donors (Lipinski definition) is 2. The maximum absolute atomic E-state index is 13.0. The van der Waals surface area contributed by atoms with Crippen LogP contribution in [0, 0.1) is 5.82 Å². The lowest BCUT2D eigenvalue weighted by atomic mass is 10.1. The topological polar surface area (TPSA) is 49.3 Å². The Hall–Kier alpha value is -1.42. The van der Waals surface area contributed by atoms with Crippen molar-refractivity contribution in [3.8, 4) is 0 Å². The quantitative estimate of drug-likeness (QED) is 0.776. The lowest BCUT2D eigenvalue weighted by Gasteiger charge is -2.11. The van der Waals surface area contributed by atoms with Gasteiger partial charge in [-0.25, -0.2) is 9.18 Å². The summed E-state index contributed by atoms with van der Waals surface area (Å²) in [6, 6.07) is 3.73. The number of benzene rings is 1. The van der Waals surface area contributed by atoms with Crippen LogP contribution in [0.15, 0.2) is 18.2 Å². The van der Waals surface area contributed by atoms with Gasteiger partial charge in [0, 0.05) is 6.04 Å². The molecule has 0 heterocycles. The Labute approximate surface area is 81.6 Å². The molecule has 1 aromatic carbocycles. The number of carbonyl (C=O) groups is 1. The Morgan fingerprint density at radius 3 is 2.64 bits per heavy atom. The summed E-state index contributed by atoms with van der Waals surface area (Å²) in [6.45, 7) is 1.83. The molecular formula is C10H12FNO2. The summed E-state index contributed by atoms with van der Waals surface area (Å²) >= 11 is 0. The Morgan fingerprint density at radius 2 is 2.14 bits per heavy atom. The normalized spacial score (nSPS) is 12.5. The molecule has 0 fully saturated rings. The van der Waals surface area contributed by atoms with E-state index in [0.29, 0.717) is 5.56 Å². The van der Waals surface area contributed by atoms with E-state index in [-0.39, 0.29) is 11.6 Å². The highest BCUT2D eigenvalue weighted by molar-refractivity contribution is 5.87. The van der Waals surface area contributed by atoms with Gasteiger partial charge in [-0.1, -0.05) is 0 Å². The van der Waals surface area contributed by atoms with Crippen molar-refractivity contribution in [2.24, 2.45) is 0 Å². The second-order valence-electron chi connectivity index (χ2n) is 3.09. The minimum atomic E-state index is -1.12. The predicted octanol–water partition coefficient (Wildman–Crippen LogP) is 1.80. The molecule has 0 radical (unpaired) electrons. The Bertz CT molecular complexity index is 352. The number of nitrogens with one attached hydrogen (secondary N) is 1. The SMILES string of the molecule is CN[C@H](C)c1cc(F)cc(C(=O)O)c1. The number of hydrogen-bond acceptors (Lipinski definition) is 2. The number of halogens is 1. The van der Waals surface area contributed by atoms with Gasteiger partial charge in [0.25, 0.3) is 0 Å². The highest BCUT2D eigenvalue weighted by atomic mass is 19.1. The molecule has 0 aliphatic carbocycles. The smallest absolute Gasteiger partial charge is 0.335 e. The highest BCUT2D eigenvalue weighted by Crippen LogP contribution is 2.16. The summed E-state index contributed by atoms with van der Waals surface area (Å²) in [6.07, 6.45) is 0. The van der Waals surface area contributed by atoms with Crippen LogP contribution in [0.4, 0.5) is 4.39 Å². The average Bonchev–Trinajstić information content (AvgIpc) is 2.15. The second-order valence-corrected chi connectivity index (χ2v) is 3.09. The van der Waals surface area contributed by atoms with Crippen LogP contribution in [0.25, 0.3) is 0 Å². The largest absolute Gasteiger partial charge is 0.478 e. The molecule has 2 N–H and O–H groups in total. The van der Waals surface area contributed by atoms with E-state index in [1.54, 1.807) is 7.05 Å². The summed E-state index contributed by atoms with van der Waals surface area (Å²) < 4.78 is 13.0. The van der Waals surface area contributed by atoms with Crippen molar-refractivity contribution in [3.05, 3.63) is 35.1 Å². The van der Waals surface area contributed by atoms with Gasteiger partial charge in [0.1, 0.15) is 5.82 Å². The molecule has 0 spiro atoms. The first-order chi connectivity index (χ1) is 6.54. The number of rotatable bonds is 3. The monoisotopic (exact) mass is 197 g/mol. The van der Waals surface area contributed by atoms with Gasteiger partial charge in [0.15, 0.2) is 0 Å². The van der Waals surface area contributed by atoms with E-state index < -0.39 is 11.8 Å². The van der Waals surface area contributed by atoms with Gasteiger partial charge in [0.05, 0.1) is 5.56 Å². The third-order valence-corrected chi connectivity index (χ3v) is 2.10. The van der Waals surface area contributed by atoms with Crippen molar-refractivity contribution in [1.82, 2.24) is 5.32 Å². The van der Waals surface area contributed by atoms with E-state index in [1.165, 1.54) is 12.1 Å². The maximum atomic E-state index is 13.0. The van der Waals surface area contributed by atoms with Crippen molar-refractivity contribution in [3.63, 3.8) is 0 Å². The van der Waals surface area contributed by atoms with E-state index in [1.807, 2.05) is 6.92 Å². The number of carboxylic acids is 1. The minimum Gasteiger partial charge on any atom is -0.478 e. The summed E-state index contributed by atoms with van der Waals surface area (Å²) in [5, 5.41) is 11.6. The fourth-order valence-electron chi connectivity index (χ4n) is 1.15. The van der Waals surface area contributed by atoms with Crippen LogP contribution >= 0.6 is 0 Å². The molecule has 0 amide bonds. The Kier molecular flexibility index (Phi) is 3.19. The van der Waals surface area contributed by atoms with Gasteiger partial charge < -0.3 is 10.4 Å². The highest BCUT2D eigenvalue weighted by Gasteiger charge is 2.10. The molecule has 0 aromatic heterocycles. The van der Waals surface area contributed by atoms with Crippen LogP contribution in [-0.4, -0.2) is 18.1 Å². The van der Waals surface area contributed by atoms with E-state index in [9.17, 15) is 9.18 Å². The fourth-order valence-corrected chi connectivity index (χ4v) is 1.15. The third-order valence-electron chi connectivity index (χ3n) is 2.10. The Balaban J connectivity index is 3.13. The third kappa shape index (κ3) is 2.29. The number of carboxylic acid groups (broad SMARTS) is 1. The van der Waals surface area contributed by atoms with Crippen LogP contribution in [0.1, 0.15) is 28.9 Å². The predicted molar refractivity (Wildman–Crippen MR) is 50.8 cm³/mol. The van der Waals surface area contributed by atoms with Crippen molar-refractivity contribution in [2.75, 3.05) is 7.05 Å². The van der Waals surface area contributed by atoms with Crippen molar-refractivity contribution >= 4 is 5.97 Å². The second kappa shape index (κ2) is 4.19. The molecule has 0 unspecified atom stereocenters. The molecule has 0 aliphatic heterocycles. The van der Waals surface area contributed by atoms with Crippen LogP contribution in [0.2, 0.25) is 0 Å². The zero-order chi connectivity index (χ0) is 10.7. The first kappa shape index (κ1) is 10.7. The molecule has 1 aromatic rings. The van der Waals surface area contributed by atoms with Crippen molar-refractivity contribution in [1.29, 1.82) is 0 Å². The molecule has 4 heteroatoms. The maximum Gasteiger partial charge on any atom is 0.335 e. The van der Waals surface area contributed by atoms with Crippen LogP contribution in [0.3, 0.4) is 0 Å². The van der Waals surface area contributed by atoms with Crippen molar-refractivity contribution < 1.29 is 14.3 Å². The standard InChI is InChI=1S/C10H12FNO2/c1-6(12-2)7-3-8(10(13)14)5-9(11)4-7/h3-6,12H,1-2H3,(H,13,14)/t6-/m1/s1. The fraction of sp³-hybridized carbons (Fsp3) is 0.300. The molecular weight excluding hydrogens is 185 g/mol. The summed E-state index contributed by atoms with van der Waals surface area (Å²) in [5.74, 6) is -1.64. The van der Waals surface area contributed by atoms with E-state index in [2.05, 4.69) is 5.32 Å². The molecule has 14 heavy (non-hydrogen) atoms. The molecule has 0 saturated carbocycles. The minimum absolute atomic E-state index is 0.0258. The molecule has 3 nitrogen and oxygen atoms in total. The van der Waals surface area contributed by atoms with Gasteiger partial charge in [0.2, 0.25) is 0 Å². The van der Waals surface area contributed by atoms with Gasteiger partial charge in [-0.05, 0) is 37.7 Å². The Morgan fingerprint density at radius 1 is 1.50 bits per heavy atom. The van der Waals surface area contributed by atoms with Gasteiger partial charge in [-0.15, -0.1) is 0 Å². The number of aromatic carboxylic acids is 1. The summed E-state index contributed by atoms with van der Waals surface area (Å²) in [5.41, 5.74) is 0.604. The van der Waals surface area contributed by atoms with E-state index in [4.69, 9.17) is 5.11 Å². The molecule has 1 rings (SSSR count). The van der Waals surface area contributed by atoms with E-state index in [0.717, 1.165) is 6.07 Å². The van der Waals surface area contributed by atoms with Crippen LogP contribution in [-0.2, 0) is 0 Å². The zero-order valence-electron chi connectivity index (χ0n) is 8.04. The van der Waals surface area contributed by atoms with Crippen LogP contribution < -0.4 is 5.32 Å².